The fourth-order valence-corrected chi connectivity index (χ4v) is 4.86. The minimum absolute atomic E-state index is 0.00233. The van der Waals surface area contributed by atoms with E-state index in [4.69, 9.17) is 0 Å². The molecule has 1 saturated heterocycles. The molecular formula is C18H18N4O5S. The number of anilines is 1. The number of likely N-dealkylation sites (tertiary alicyclic amines) is 1. The van der Waals surface area contributed by atoms with Crippen molar-refractivity contribution in [2.45, 2.75) is 17.7 Å². The van der Waals surface area contributed by atoms with E-state index in [1.54, 1.807) is 4.90 Å². The molecule has 0 aliphatic carbocycles. The van der Waals surface area contributed by atoms with Crippen LogP contribution in [0.5, 0.6) is 0 Å². The molecule has 28 heavy (non-hydrogen) atoms. The fourth-order valence-electron chi connectivity index (χ4n) is 3.38. The molecule has 0 spiro atoms. The topological polar surface area (TPSA) is 118 Å². The first kappa shape index (κ1) is 18.2. The summed E-state index contributed by atoms with van der Waals surface area (Å²) in [7, 11) is -3.95. The third-order valence-corrected chi connectivity index (χ3v) is 6.56. The number of nitrogens with one attached hydrogen (secondary N) is 2. The van der Waals surface area contributed by atoms with Gasteiger partial charge in [-0.2, -0.15) is 0 Å². The average Bonchev–Trinajstić information content (AvgIpc) is 3.29. The summed E-state index contributed by atoms with van der Waals surface area (Å²) in [5.41, 5.74) is 0.266. The van der Waals surface area contributed by atoms with Gasteiger partial charge in [-0.15, -0.1) is 0 Å². The minimum atomic E-state index is -3.95. The Morgan fingerprint density at radius 3 is 2.79 bits per heavy atom. The molecule has 146 valence electrons. The highest BCUT2D eigenvalue weighted by Crippen LogP contribution is 2.29. The second-order valence-corrected chi connectivity index (χ2v) is 8.38. The summed E-state index contributed by atoms with van der Waals surface area (Å²) in [6.07, 6.45) is 2.67. The zero-order chi connectivity index (χ0) is 19.9. The van der Waals surface area contributed by atoms with Crippen molar-refractivity contribution in [3.63, 3.8) is 0 Å². The van der Waals surface area contributed by atoms with Gasteiger partial charge in [-0.1, -0.05) is 0 Å². The number of benzene rings is 1. The molecule has 2 aliphatic rings. The van der Waals surface area contributed by atoms with Crippen LogP contribution in [-0.4, -0.2) is 54.6 Å². The van der Waals surface area contributed by atoms with Crippen LogP contribution in [0.3, 0.4) is 0 Å². The standard InChI is InChI=1S/C18H18N4O5S/c23-16-4-2-8-21(16)10-7-19-17(24)12-5-6-15-13(11-12)20-18(25)14-3-1-9-22(14)28(15,26)27/h1,3,5-6,9,11H,2,4,7-8,10H2,(H,19,24)(H,20,25). The average molecular weight is 402 g/mol. The van der Waals surface area contributed by atoms with Crippen molar-refractivity contribution in [1.82, 2.24) is 14.2 Å². The van der Waals surface area contributed by atoms with Crippen molar-refractivity contribution >= 4 is 33.4 Å². The van der Waals surface area contributed by atoms with Crippen LogP contribution >= 0.6 is 0 Å². The van der Waals surface area contributed by atoms with Gasteiger partial charge >= 0.3 is 0 Å². The molecule has 2 N–H and O–H groups in total. The molecule has 0 unspecified atom stereocenters. The van der Waals surface area contributed by atoms with Crippen LogP contribution in [0, 0.1) is 0 Å². The Balaban J connectivity index is 1.54. The van der Waals surface area contributed by atoms with E-state index in [0.717, 1.165) is 10.4 Å². The fraction of sp³-hybridized carbons (Fsp3) is 0.278. The Morgan fingerprint density at radius 2 is 2.04 bits per heavy atom. The first-order valence-corrected chi connectivity index (χ1v) is 10.3. The molecule has 1 aromatic carbocycles. The van der Waals surface area contributed by atoms with Crippen molar-refractivity contribution in [1.29, 1.82) is 0 Å². The summed E-state index contributed by atoms with van der Waals surface area (Å²) in [6, 6.07) is 6.93. The molecule has 10 heteroatoms. The number of nitrogens with zero attached hydrogens (tertiary/aromatic N) is 2. The van der Waals surface area contributed by atoms with Crippen molar-refractivity contribution < 1.29 is 22.8 Å². The zero-order valence-corrected chi connectivity index (χ0v) is 15.7. The van der Waals surface area contributed by atoms with E-state index >= 15 is 0 Å². The van der Waals surface area contributed by atoms with Gasteiger partial charge < -0.3 is 15.5 Å². The molecule has 2 aliphatic heterocycles. The number of carbonyl (C=O) groups is 3. The van der Waals surface area contributed by atoms with Crippen LogP contribution in [0.2, 0.25) is 0 Å². The van der Waals surface area contributed by atoms with E-state index < -0.39 is 21.8 Å². The van der Waals surface area contributed by atoms with Gasteiger partial charge in [0.2, 0.25) is 5.91 Å². The molecule has 3 amide bonds. The van der Waals surface area contributed by atoms with Gasteiger partial charge in [0, 0.05) is 37.8 Å². The summed E-state index contributed by atoms with van der Waals surface area (Å²) in [5.74, 6) is -0.904. The van der Waals surface area contributed by atoms with E-state index in [1.807, 2.05) is 0 Å². The van der Waals surface area contributed by atoms with Crippen molar-refractivity contribution in [3.05, 3.63) is 47.8 Å². The lowest BCUT2D eigenvalue weighted by Crippen LogP contribution is -2.35. The molecule has 0 radical (unpaired) electrons. The summed E-state index contributed by atoms with van der Waals surface area (Å²) in [5, 5.41) is 5.26. The number of aromatic nitrogens is 1. The van der Waals surface area contributed by atoms with Crippen molar-refractivity contribution in [2.24, 2.45) is 0 Å². The smallest absolute Gasteiger partial charge is 0.273 e. The maximum absolute atomic E-state index is 12.8. The summed E-state index contributed by atoms with van der Waals surface area (Å²) in [4.78, 5) is 37.9. The highest BCUT2D eigenvalue weighted by atomic mass is 32.2. The van der Waals surface area contributed by atoms with E-state index in [9.17, 15) is 22.8 Å². The Labute approximate surface area is 161 Å². The molecule has 9 nitrogen and oxygen atoms in total. The maximum atomic E-state index is 12.8. The van der Waals surface area contributed by atoms with Crippen LogP contribution in [-0.2, 0) is 14.8 Å². The van der Waals surface area contributed by atoms with Crippen molar-refractivity contribution in [3.8, 4) is 0 Å². The first-order chi connectivity index (χ1) is 13.4. The molecule has 2 aromatic rings. The first-order valence-electron chi connectivity index (χ1n) is 8.82. The molecular weight excluding hydrogens is 384 g/mol. The molecule has 4 rings (SSSR count). The highest BCUT2D eigenvalue weighted by molar-refractivity contribution is 7.90. The summed E-state index contributed by atoms with van der Waals surface area (Å²) in [6.45, 7) is 1.41. The Morgan fingerprint density at radius 1 is 1.21 bits per heavy atom. The predicted octanol–water partition coefficient (Wildman–Crippen LogP) is 0.643. The third kappa shape index (κ3) is 3.05. The van der Waals surface area contributed by atoms with Gasteiger partial charge in [0.05, 0.1) is 5.69 Å². The summed E-state index contributed by atoms with van der Waals surface area (Å²) < 4.78 is 26.5. The normalized spacial score (nSPS) is 17.5. The predicted molar refractivity (Wildman–Crippen MR) is 99.6 cm³/mol. The lowest BCUT2D eigenvalue weighted by atomic mass is 10.2. The van der Waals surface area contributed by atoms with Crippen LogP contribution in [0.4, 0.5) is 5.69 Å². The molecule has 1 aromatic heterocycles. The minimum Gasteiger partial charge on any atom is -0.350 e. The second kappa shape index (κ2) is 6.79. The SMILES string of the molecule is O=C(NCCN1CCCC1=O)c1ccc2c(c1)NC(=O)c1cccn1S2(=O)=O. The number of rotatable bonds is 4. The molecule has 0 atom stereocenters. The zero-order valence-electron chi connectivity index (χ0n) is 14.8. The maximum Gasteiger partial charge on any atom is 0.273 e. The van der Waals surface area contributed by atoms with Gasteiger partial charge in [0.25, 0.3) is 21.8 Å². The quantitative estimate of drug-likeness (QED) is 0.778. The lowest BCUT2D eigenvalue weighted by Gasteiger charge is -2.16. The second-order valence-electron chi connectivity index (χ2n) is 6.60. The van der Waals surface area contributed by atoms with Gasteiger partial charge in [-0.25, -0.2) is 12.4 Å². The largest absolute Gasteiger partial charge is 0.350 e. The van der Waals surface area contributed by atoms with E-state index in [-0.39, 0.29) is 34.3 Å². The van der Waals surface area contributed by atoms with Crippen molar-refractivity contribution in [2.75, 3.05) is 25.0 Å². The molecule has 0 bridgehead atoms. The Kier molecular flexibility index (Phi) is 4.42. The molecule has 0 saturated carbocycles. The monoisotopic (exact) mass is 402 g/mol. The number of hydrogen-bond acceptors (Lipinski definition) is 5. The number of amides is 3. The molecule has 3 heterocycles. The van der Waals surface area contributed by atoms with E-state index in [0.29, 0.717) is 19.5 Å². The van der Waals surface area contributed by atoms with Crippen LogP contribution in [0.1, 0.15) is 33.7 Å². The molecule has 1 fully saturated rings. The van der Waals surface area contributed by atoms with Crippen LogP contribution in [0.25, 0.3) is 0 Å². The number of fused-ring (bicyclic) bond motifs is 2. The Bertz CT molecular complexity index is 1090. The third-order valence-electron chi connectivity index (χ3n) is 4.81. The van der Waals surface area contributed by atoms with Gasteiger partial charge in [-0.05, 0) is 36.8 Å². The highest BCUT2D eigenvalue weighted by Gasteiger charge is 2.30. The number of hydrogen-bond donors (Lipinski definition) is 2. The van der Waals surface area contributed by atoms with Gasteiger partial charge in [0.1, 0.15) is 10.6 Å². The van der Waals surface area contributed by atoms with Crippen LogP contribution in [0.15, 0.2) is 41.4 Å². The van der Waals surface area contributed by atoms with Crippen LogP contribution < -0.4 is 10.6 Å². The lowest BCUT2D eigenvalue weighted by molar-refractivity contribution is -0.127. The van der Waals surface area contributed by atoms with Gasteiger partial charge in [0.15, 0.2) is 0 Å². The van der Waals surface area contributed by atoms with E-state index in [1.165, 1.54) is 36.5 Å². The van der Waals surface area contributed by atoms with E-state index in [2.05, 4.69) is 10.6 Å². The number of carbonyl (C=O) groups excluding carboxylic acids is 3. The summed E-state index contributed by atoms with van der Waals surface area (Å²) >= 11 is 0. The van der Waals surface area contributed by atoms with Gasteiger partial charge in [-0.3, -0.25) is 14.4 Å². The Hall–Kier alpha value is -3.14.